The number of esters is 1. The van der Waals surface area contributed by atoms with Crippen molar-refractivity contribution >= 4 is 11.9 Å². The molecule has 0 saturated heterocycles. The van der Waals surface area contributed by atoms with Gasteiger partial charge in [-0.3, -0.25) is 0 Å². The topological polar surface area (TPSA) is 66.8 Å². The third-order valence-corrected chi connectivity index (χ3v) is 3.94. The van der Waals surface area contributed by atoms with Crippen molar-refractivity contribution in [3.05, 3.63) is 23.8 Å². The predicted molar refractivity (Wildman–Crippen MR) is 102 cm³/mol. The summed E-state index contributed by atoms with van der Waals surface area (Å²) in [6.07, 6.45) is 9.84. The van der Waals surface area contributed by atoms with E-state index in [1.165, 1.54) is 25.7 Å². The van der Waals surface area contributed by atoms with Crippen molar-refractivity contribution in [3.63, 3.8) is 0 Å². The fourth-order valence-electron chi connectivity index (χ4n) is 2.36. The van der Waals surface area contributed by atoms with E-state index in [4.69, 9.17) is 4.74 Å². The highest BCUT2D eigenvalue weighted by Gasteiger charge is 2.11. The van der Waals surface area contributed by atoms with Crippen molar-refractivity contribution in [2.24, 2.45) is 0 Å². The molecule has 0 bridgehead atoms. The van der Waals surface area contributed by atoms with Crippen molar-refractivity contribution in [3.8, 4) is 0 Å². The molecule has 0 saturated carbocycles. The van der Waals surface area contributed by atoms with Gasteiger partial charge in [0.05, 0.1) is 6.61 Å². The molecule has 5 heteroatoms. The zero-order chi connectivity index (χ0) is 19.1. The lowest BCUT2D eigenvalue weighted by Crippen LogP contribution is -2.14. The van der Waals surface area contributed by atoms with Gasteiger partial charge in [-0.25, -0.2) is 9.59 Å². The van der Waals surface area contributed by atoms with E-state index in [9.17, 15) is 14.7 Å². The molecule has 1 N–H and O–H groups in total. The number of carbonyl (C=O) groups excluding carboxylic acids is 1. The number of rotatable bonds is 15. The maximum Gasteiger partial charge on any atom is 0.333 e. The highest BCUT2D eigenvalue weighted by molar-refractivity contribution is 5.89. The van der Waals surface area contributed by atoms with Crippen LogP contribution in [0.3, 0.4) is 0 Å². The second-order valence-corrected chi connectivity index (χ2v) is 6.65. The van der Waals surface area contributed by atoms with Crippen LogP contribution in [0.25, 0.3) is 0 Å². The first kappa shape index (κ1) is 23.4. The van der Waals surface area contributed by atoms with Crippen molar-refractivity contribution < 1.29 is 19.4 Å². The first-order valence-electron chi connectivity index (χ1n) is 9.30. The minimum absolute atomic E-state index is 0.221. The molecule has 25 heavy (non-hydrogen) atoms. The van der Waals surface area contributed by atoms with Crippen molar-refractivity contribution in [2.75, 3.05) is 27.2 Å². The molecule has 0 aromatic rings. The molecule has 144 valence electrons. The highest BCUT2D eigenvalue weighted by Crippen LogP contribution is 2.12. The molecule has 0 unspecified atom stereocenters. The van der Waals surface area contributed by atoms with Crippen LogP contribution in [0.4, 0.5) is 0 Å². The molecular formula is C20H35NO4. The van der Waals surface area contributed by atoms with E-state index in [2.05, 4.69) is 13.5 Å². The fraction of sp³-hybridized carbons (Fsp3) is 0.700. The van der Waals surface area contributed by atoms with E-state index >= 15 is 0 Å². The molecular weight excluding hydrogens is 318 g/mol. The minimum Gasteiger partial charge on any atom is -0.478 e. The van der Waals surface area contributed by atoms with E-state index in [0.29, 0.717) is 24.2 Å². The summed E-state index contributed by atoms with van der Waals surface area (Å²) in [5.41, 5.74) is 0.629. The number of carboxylic acid groups (broad SMARTS) is 1. The summed E-state index contributed by atoms with van der Waals surface area (Å²) in [5.74, 6) is -1.37. The van der Waals surface area contributed by atoms with Gasteiger partial charge in [0.15, 0.2) is 0 Å². The van der Waals surface area contributed by atoms with Gasteiger partial charge >= 0.3 is 11.9 Å². The summed E-state index contributed by atoms with van der Waals surface area (Å²) in [5, 5.41) is 9.22. The Hall–Kier alpha value is -1.62. The van der Waals surface area contributed by atoms with E-state index in [1.54, 1.807) is 6.08 Å². The van der Waals surface area contributed by atoms with Crippen LogP contribution in [0.15, 0.2) is 23.8 Å². The molecule has 0 heterocycles. The Kier molecular flexibility index (Phi) is 13.7. The molecule has 0 aliphatic heterocycles. The van der Waals surface area contributed by atoms with Gasteiger partial charge in [-0.15, -0.1) is 0 Å². The normalized spacial score (nSPS) is 11.6. The van der Waals surface area contributed by atoms with Crippen LogP contribution in [0.5, 0.6) is 0 Å². The second kappa shape index (κ2) is 14.7. The minimum atomic E-state index is -0.938. The zero-order valence-electron chi connectivity index (χ0n) is 16.2. The average molecular weight is 354 g/mol. The highest BCUT2D eigenvalue weighted by atomic mass is 16.5. The lowest BCUT2D eigenvalue weighted by molar-refractivity contribution is -0.139. The average Bonchev–Trinajstić information content (AvgIpc) is 2.55. The standard InChI is InChI=1S/C20H35NO4/c1-5-6-7-8-9-10-16-25-20(24)17(2)13-14-18(19(22)23)12-11-15-21(3)4/h14H,2,5-13,15-16H2,1,3-4H3,(H,22,23). The van der Waals surface area contributed by atoms with Gasteiger partial charge in [-0.2, -0.15) is 0 Å². The van der Waals surface area contributed by atoms with E-state index in [1.807, 2.05) is 19.0 Å². The maximum absolute atomic E-state index is 11.9. The molecule has 5 nitrogen and oxygen atoms in total. The molecule has 0 aromatic carbocycles. The van der Waals surface area contributed by atoms with Crippen LogP contribution < -0.4 is 0 Å². The lowest BCUT2D eigenvalue weighted by atomic mass is 10.1. The maximum atomic E-state index is 11.9. The molecule has 0 spiro atoms. The van der Waals surface area contributed by atoms with Crippen LogP contribution >= 0.6 is 0 Å². The number of carbonyl (C=O) groups is 2. The van der Waals surface area contributed by atoms with E-state index in [-0.39, 0.29) is 6.42 Å². The Morgan fingerprint density at radius 2 is 1.72 bits per heavy atom. The quantitative estimate of drug-likeness (QED) is 0.272. The molecule has 0 amide bonds. The van der Waals surface area contributed by atoms with Crippen molar-refractivity contribution in [2.45, 2.75) is 64.7 Å². The summed E-state index contributed by atoms with van der Waals surface area (Å²) in [6.45, 7) is 7.12. The van der Waals surface area contributed by atoms with Gasteiger partial charge in [0.2, 0.25) is 0 Å². The summed E-state index contributed by atoms with van der Waals surface area (Å²) in [4.78, 5) is 25.1. The van der Waals surface area contributed by atoms with Crippen molar-refractivity contribution in [1.29, 1.82) is 0 Å². The Morgan fingerprint density at radius 1 is 1.08 bits per heavy atom. The van der Waals surface area contributed by atoms with Crippen LogP contribution in [-0.4, -0.2) is 49.2 Å². The summed E-state index contributed by atoms with van der Waals surface area (Å²) in [7, 11) is 3.90. The molecule has 0 radical (unpaired) electrons. The number of nitrogens with zero attached hydrogens (tertiary/aromatic N) is 1. The van der Waals surface area contributed by atoms with Crippen LogP contribution in [0, 0.1) is 0 Å². The molecule has 0 aliphatic carbocycles. The van der Waals surface area contributed by atoms with Crippen molar-refractivity contribution in [1.82, 2.24) is 4.90 Å². The summed E-state index contributed by atoms with van der Waals surface area (Å²) >= 11 is 0. The second-order valence-electron chi connectivity index (χ2n) is 6.65. The number of ether oxygens (including phenoxy) is 1. The monoisotopic (exact) mass is 353 g/mol. The predicted octanol–water partition coefficient (Wildman–Crippen LogP) is 4.19. The Labute approximate surface area is 152 Å². The third-order valence-electron chi connectivity index (χ3n) is 3.94. The summed E-state index contributed by atoms with van der Waals surface area (Å²) in [6, 6.07) is 0. The molecule has 0 fully saturated rings. The van der Waals surface area contributed by atoms with E-state index in [0.717, 1.165) is 25.8 Å². The third kappa shape index (κ3) is 13.4. The zero-order valence-corrected chi connectivity index (χ0v) is 16.2. The number of allylic oxidation sites excluding steroid dienone is 1. The van der Waals surface area contributed by atoms with Gasteiger partial charge in [-0.05, 0) is 46.3 Å². The first-order valence-corrected chi connectivity index (χ1v) is 9.30. The van der Waals surface area contributed by atoms with Gasteiger partial charge in [0.25, 0.3) is 0 Å². The lowest BCUT2D eigenvalue weighted by Gasteiger charge is -2.09. The molecule has 0 aromatic heterocycles. The largest absolute Gasteiger partial charge is 0.478 e. The number of hydrogen-bond donors (Lipinski definition) is 1. The number of aliphatic carboxylic acids is 1. The van der Waals surface area contributed by atoms with Crippen LogP contribution in [-0.2, 0) is 14.3 Å². The Morgan fingerprint density at radius 3 is 2.32 bits per heavy atom. The number of carboxylic acids is 1. The fourth-order valence-corrected chi connectivity index (χ4v) is 2.36. The number of hydrogen-bond acceptors (Lipinski definition) is 4. The smallest absolute Gasteiger partial charge is 0.333 e. The molecule has 0 rings (SSSR count). The Balaban J connectivity index is 4.09. The summed E-state index contributed by atoms with van der Waals surface area (Å²) < 4.78 is 5.19. The van der Waals surface area contributed by atoms with Crippen LogP contribution in [0.2, 0.25) is 0 Å². The van der Waals surface area contributed by atoms with Crippen LogP contribution in [0.1, 0.15) is 64.7 Å². The van der Waals surface area contributed by atoms with E-state index < -0.39 is 11.9 Å². The number of unbranched alkanes of at least 4 members (excludes halogenated alkanes) is 5. The first-order chi connectivity index (χ1) is 11.9. The Bertz CT molecular complexity index is 441. The van der Waals surface area contributed by atoms with Gasteiger partial charge in [-0.1, -0.05) is 51.7 Å². The SMILES string of the molecule is C=C(CC=C(CCCN(C)C)C(=O)O)C(=O)OCCCCCCCC. The van der Waals surface area contributed by atoms with Gasteiger partial charge < -0.3 is 14.7 Å². The van der Waals surface area contributed by atoms with Gasteiger partial charge in [0, 0.05) is 11.1 Å². The molecule has 0 atom stereocenters. The van der Waals surface area contributed by atoms with Gasteiger partial charge in [0.1, 0.15) is 0 Å². The molecule has 0 aliphatic rings.